The van der Waals surface area contributed by atoms with Crippen LogP contribution in [0.1, 0.15) is 16.7 Å². The van der Waals surface area contributed by atoms with Gasteiger partial charge in [-0.3, -0.25) is 0 Å². The average Bonchev–Trinajstić information content (AvgIpc) is 4.41. The van der Waals surface area contributed by atoms with Crippen molar-refractivity contribution in [3.8, 4) is 57.1 Å². The van der Waals surface area contributed by atoms with Crippen molar-refractivity contribution in [1.82, 2.24) is 18.3 Å². The quantitative estimate of drug-likeness (QED) is 0.167. The van der Waals surface area contributed by atoms with Gasteiger partial charge in [0.2, 0.25) is 0 Å². The maximum atomic E-state index is 15.6. The number of nitrogens with zero attached hydrogens (tertiary/aromatic N) is 6. The topological polar surface area (TPSA) is 67.3 Å². The highest BCUT2D eigenvalue weighted by Crippen LogP contribution is 2.49. The third-order valence-corrected chi connectivity index (χ3v) is 15.6. The Hall–Kier alpha value is -10.6. The van der Waals surface area contributed by atoms with Crippen LogP contribution >= 0.6 is 0 Å². The minimum Gasteiger partial charge on any atom is -0.309 e. The van der Waals surface area contributed by atoms with Crippen molar-refractivity contribution < 1.29 is 13.2 Å². The first-order valence-corrected chi connectivity index (χ1v) is 25.6. The maximum Gasteiger partial charge on any atom is 0.417 e. The van der Waals surface area contributed by atoms with E-state index in [0.717, 1.165) is 105 Å². The van der Waals surface area contributed by atoms with Gasteiger partial charge in [0.15, 0.2) is 0 Å². The summed E-state index contributed by atoms with van der Waals surface area (Å²) in [5.74, 6) is 0. The van der Waals surface area contributed by atoms with Crippen molar-refractivity contribution in [1.29, 1.82) is 10.5 Å². The molecular weight excluding hydrogens is 970 g/mol. The van der Waals surface area contributed by atoms with E-state index < -0.39 is 11.7 Å². The molecular formula is C69H39F3N6. The zero-order valence-electron chi connectivity index (χ0n) is 41.3. The summed E-state index contributed by atoms with van der Waals surface area (Å²) in [7, 11) is 0. The standard InChI is InChI=1S/C69H39F3N6/c70-69(71,72)57-38-43(41-74)27-30-48(57)47-31-29-46(75-60-25-13-9-21-53(60)65-63(75)35-32-51-49-19-7-11-23-58(49)76(67(51)65)44-15-3-1-4-16-44)39-55(47)56-37-42(40-73)28-34-62(56)78-61-26-14-10-22-54(61)66-64(78)36-33-52-50-20-8-12-24-59(50)77(68(52)66)45-17-5-2-6-18-45/h1-39H. The average molecular weight is 1010 g/mol. The number of hydrogen-bond acceptors (Lipinski definition) is 2. The molecule has 4 heterocycles. The lowest BCUT2D eigenvalue weighted by Crippen LogP contribution is -2.08. The Morgan fingerprint density at radius 1 is 0.308 bits per heavy atom. The lowest BCUT2D eigenvalue weighted by atomic mass is 9.89. The summed E-state index contributed by atoms with van der Waals surface area (Å²) in [5, 5.41) is 29.1. The smallest absolute Gasteiger partial charge is 0.309 e. The van der Waals surface area contributed by atoms with E-state index in [1.54, 1.807) is 18.2 Å². The second-order valence-electron chi connectivity index (χ2n) is 19.7. The summed E-state index contributed by atoms with van der Waals surface area (Å²) >= 11 is 0. The predicted octanol–water partition coefficient (Wildman–Crippen LogP) is 18.2. The largest absolute Gasteiger partial charge is 0.417 e. The lowest BCUT2D eigenvalue weighted by Gasteiger charge is -2.21. The van der Waals surface area contributed by atoms with E-state index in [0.29, 0.717) is 28.1 Å². The van der Waals surface area contributed by atoms with Crippen LogP contribution in [0.15, 0.2) is 237 Å². The summed E-state index contributed by atoms with van der Waals surface area (Å²) in [4.78, 5) is 0. The molecule has 11 aromatic carbocycles. The summed E-state index contributed by atoms with van der Waals surface area (Å²) in [6, 6.07) is 81.7. The van der Waals surface area contributed by atoms with Gasteiger partial charge >= 0.3 is 6.18 Å². The van der Waals surface area contributed by atoms with Crippen LogP contribution in [-0.4, -0.2) is 18.3 Å². The highest BCUT2D eigenvalue weighted by atomic mass is 19.4. The van der Waals surface area contributed by atoms with Crippen LogP contribution in [0, 0.1) is 22.7 Å². The predicted molar refractivity (Wildman–Crippen MR) is 309 cm³/mol. The Morgan fingerprint density at radius 3 is 1.29 bits per heavy atom. The van der Waals surface area contributed by atoms with E-state index in [1.165, 1.54) is 12.1 Å². The van der Waals surface area contributed by atoms with Crippen LogP contribution in [-0.2, 0) is 6.18 Å². The lowest BCUT2D eigenvalue weighted by molar-refractivity contribution is -0.137. The van der Waals surface area contributed by atoms with Gasteiger partial charge in [0.25, 0.3) is 0 Å². The van der Waals surface area contributed by atoms with Gasteiger partial charge in [0.05, 0.1) is 78.6 Å². The minimum absolute atomic E-state index is 0.0935. The van der Waals surface area contributed by atoms with E-state index in [9.17, 15) is 10.5 Å². The van der Waals surface area contributed by atoms with Gasteiger partial charge in [-0.25, -0.2) is 0 Å². The normalized spacial score (nSPS) is 12.0. The number of hydrogen-bond donors (Lipinski definition) is 0. The molecule has 0 fully saturated rings. The molecule has 6 nitrogen and oxygen atoms in total. The molecule has 0 aliphatic carbocycles. The maximum absolute atomic E-state index is 15.6. The third-order valence-electron chi connectivity index (χ3n) is 15.6. The molecule has 0 saturated carbocycles. The third kappa shape index (κ3) is 6.49. The Labute approximate surface area is 443 Å². The summed E-state index contributed by atoms with van der Waals surface area (Å²) in [6.45, 7) is 0. The first-order valence-electron chi connectivity index (χ1n) is 25.6. The van der Waals surface area contributed by atoms with Crippen LogP contribution in [0.2, 0.25) is 0 Å². The van der Waals surface area contributed by atoms with Crippen molar-refractivity contribution in [3.63, 3.8) is 0 Å². The molecule has 0 radical (unpaired) electrons. The van der Waals surface area contributed by atoms with Crippen molar-refractivity contribution in [2.24, 2.45) is 0 Å². The fraction of sp³-hybridized carbons (Fsp3) is 0.0145. The van der Waals surface area contributed by atoms with Gasteiger partial charge < -0.3 is 18.3 Å². The van der Waals surface area contributed by atoms with E-state index >= 15 is 13.2 Å². The highest BCUT2D eigenvalue weighted by molar-refractivity contribution is 6.28. The Kier molecular flexibility index (Phi) is 9.75. The number of aromatic nitrogens is 4. The molecule has 366 valence electrons. The van der Waals surface area contributed by atoms with Gasteiger partial charge in [-0.2, -0.15) is 23.7 Å². The van der Waals surface area contributed by atoms with E-state index in [1.807, 2.05) is 84.9 Å². The second kappa shape index (κ2) is 17.0. The number of fused-ring (bicyclic) bond motifs is 14. The zero-order valence-corrected chi connectivity index (χ0v) is 41.3. The van der Waals surface area contributed by atoms with E-state index in [-0.39, 0.29) is 16.7 Å². The first-order chi connectivity index (χ1) is 38.3. The fourth-order valence-corrected chi connectivity index (χ4v) is 12.5. The fourth-order valence-electron chi connectivity index (χ4n) is 12.5. The van der Waals surface area contributed by atoms with Gasteiger partial charge in [-0.05, 0) is 120 Å². The summed E-state index contributed by atoms with van der Waals surface area (Å²) in [6.07, 6.45) is -4.82. The highest BCUT2D eigenvalue weighted by Gasteiger charge is 2.35. The minimum atomic E-state index is -4.82. The Bertz CT molecular complexity index is 5100. The summed E-state index contributed by atoms with van der Waals surface area (Å²) in [5.41, 5.74) is 11.6. The number of nitriles is 2. The number of alkyl halides is 3. The van der Waals surface area contributed by atoms with Crippen molar-refractivity contribution in [2.45, 2.75) is 6.18 Å². The zero-order chi connectivity index (χ0) is 52.4. The van der Waals surface area contributed by atoms with Gasteiger partial charge in [0, 0.05) is 65.7 Å². The van der Waals surface area contributed by atoms with Crippen LogP contribution in [0.25, 0.3) is 132 Å². The first kappa shape index (κ1) is 44.8. The molecule has 15 rings (SSSR count). The molecule has 0 aliphatic rings. The molecule has 9 heteroatoms. The van der Waals surface area contributed by atoms with Crippen molar-refractivity contribution in [3.05, 3.63) is 253 Å². The number of rotatable bonds is 6. The van der Waals surface area contributed by atoms with Gasteiger partial charge in [0.1, 0.15) is 0 Å². The monoisotopic (exact) mass is 1010 g/mol. The Morgan fingerprint density at radius 2 is 0.756 bits per heavy atom. The molecule has 0 aliphatic heterocycles. The van der Waals surface area contributed by atoms with Crippen LogP contribution in [0.5, 0.6) is 0 Å². The molecule has 78 heavy (non-hydrogen) atoms. The molecule has 4 aromatic heterocycles. The molecule has 0 spiro atoms. The van der Waals surface area contributed by atoms with Crippen molar-refractivity contribution in [2.75, 3.05) is 0 Å². The molecule has 0 bridgehead atoms. The van der Waals surface area contributed by atoms with E-state index in [2.05, 4.69) is 146 Å². The van der Waals surface area contributed by atoms with Crippen LogP contribution in [0.3, 0.4) is 0 Å². The molecule has 0 saturated heterocycles. The molecule has 15 aromatic rings. The SMILES string of the molecule is N#Cc1ccc(-n2c3ccccc3c3c2ccc2c4ccccc4n(-c4ccccc4)c23)c(-c2cc(-n3c4ccccc4c4c3ccc3c5ccccc5n(-c5ccccc5)c34)ccc2-c2ccc(C#N)cc2C(F)(F)F)c1. The number of benzene rings is 11. The Balaban J connectivity index is 1.07. The molecule has 0 N–H and O–H groups in total. The number of para-hydroxylation sites is 6. The second-order valence-corrected chi connectivity index (χ2v) is 19.7. The van der Waals surface area contributed by atoms with Crippen molar-refractivity contribution >= 4 is 87.2 Å². The molecule has 0 atom stereocenters. The van der Waals surface area contributed by atoms with Gasteiger partial charge in [-0.1, -0.05) is 133 Å². The summed E-state index contributed by atoms with van der Waals surface area (Å²) < 4.78 is 55.7. The van der Waals surface area contributed by atoms with E-state index in [4.69, 9.17) is 0 Å². The van der Waals surface area contributed by atoms with Crippen LogP contribution in [0.4, 0.5) is 13.2 Å². The van der Waals surface area contributed by atoms with Gasteiger partial charge in [-0.15, -0.1) is 0 Å². The molecule has 0 unspecified atom stereocenters. The van der Waals surface area contributed by atoms with Crippen LogP contribution < -0.4 is 0 Å². The number of halogens is 3. The molecule has 0 amide bonds.